The fourth-order valence-electron chi connectivity index (χ4n) is 2.91. The number of sulfonamides is 1. The highest BCUT2D eigenvalue weighted by atomic mass is 32.2. The van der Waals surface area contributed by atoms with Gasteiger partial charge in [0.15, 0.2) is 0 Å². The molecule has 3 aromatic carbocycles. The lowest BCUT2D eigenvalue weighted by Crippen LogP contribution is -2.43. The molecule has 28 heavy (non-hydrogen) atoms. The third-order valence-electron chi connectivity index (χ3n) is 4.31. The molecule has 3 aromatic rings. The molecule has 1 atom stereocenters. The van der Waals surface area contributed by atoms with Crippen LogP contribution in [0.4, 0.5) is 0 Å². The Morgan fingerprint density at radius 3 is 2.54 bits per heavy atom. The fraction of sp³-hybridized carbons (Fsp3) is 0.143. The van der Waals surface area contributed by atoms with Gasteiger partial charge in [0, 0.05) is 0 Å². The summed E-state index contributed by atoms with van der Waals surface area (Å²) in [7, 11) is -2.76. The molecule has 0 fully saturated rings. The standard InChI is InChI=1S/C21H18N2O4S/c1-27-21(24)20(12-15-5-4-6-16(11-15)14-22)23-28(25,26)19-10-9-17-7-2-3-8-18(17)13-19/h2-11,13,20,23H,12H2,1H3/t20-/m0/s1. The predicted molar refractivity (Wildman–Crippen MR) is 105 cm³/mol. The third-order valence-corrected chi connectivity index (χ3v) is 5.78. The maximum atomic E-state index is 12.8. The first kappa shape index (κ1) is 19.5. The topological polar surface area (TPSA) is 96.3 Å². The zero-order valence-corrected chi connectivity index (χ0v) is 15.9. The third kappa shape index (κ3) is 4.36. The zero-order valence-electron chi connectivity index (χ0n) is 15.1. The molecule has 0 aliphatic carbocycles. The molecule has 0 aromatic heterocycles. The van der Waals surface area contributed by atoms with Gasteiger partial charge in [-0.1, -0.05) is 42.5 Å². The first-order valence-corrected chi connectivity index (χ1v) is 9.99. The van der Waals surface area contributed by atoms with E-state index in [9.17, 15) is 13.2 Å². The second-order valence-electron chi connectivity index (χ2n) is 6.22. The van der Waals surface area contributed by atoms with Crippen molar-refractivity contribution >= 4 is 26.8 Å². The molecule has 0 aliphatic rings. The van der Waals surface area contributed by atoms with Gasteiger partial charge in [-0.15, -0.1) is 0 Å². The molecule has 6 nitrogen and oxygen atoms in total. The molecule has 0 saturated carbocycles. The number of ether oxygens (including phenoxy) is 1. The van der Waals surface area contributed by atoms with Crippen LogP contribution in [-0.2, 0) is 26.0 Å². The first-order chi connectivity index (χ1) is 13.4. The van der Waals surface area contributed by atoms with Gasteiger partial charge in [0.25, 0.3) is 0 Å². The number of hydrogen-bond donors (Lipinski definition) is 1. The van der Waals surface area contributed by atoms with Crippen LogP contribution in [-0.4, -0.2) is 27.5 Å². The number of nitrogens with one attached hydrogen (secondary N) is 1. The lowest BCUT2D eigenvalue weighted by molar-refractivity contribution is -0.142. The van der Waals surface area contributed by atoms with E-state index in [4.69, 9.17) is 10.00 Å². The van der Waals surface area contributed by atoms with Gasteiger partial charge >= 0.3 is 5.97 Å². The van der Waals surface area contributed by atoms with Gasteiger partial charge in [0.1, 0.15) is 6.04 Å². The fourth-order valence-corrected chi connectivity index (χ4v) is 4.13. The molecule has 3 rings (SSSR count). The molecule has 0 spiro atoms. The number of hydrogen-bond acceptors (Lipinski definition) is 5. The predicted octanol–water partition coefficient (Wildman–Crippen LogP) is 2.77. The zero-order chi connectivity index (χ0) is 20.1. The molecular weight excluding hydrogens is 376 g/mol. The smallest absolute Gasteiger partial charge is 0.324 e. The molecular formula is C21H18N2O4S. The van der Waals surface area contributed by atoms with Crippen LogP contribution in [0.3, 0.4) is 0 Å². The normalized spacial score (nSPS) is 12.3. The van der Waals surface area contributed by atoms with E-state index in [1.165, 1.54) is 13.2 Å². The van der Waals surface area contributed by atoms with Gasteiger partial charge in [0.05, 0.1) is 23.6 Å². The second kappa shape index (κ2) is 8.21. The van der Waals surface area contributed by atoms with Crippen LogP contribution in [0.5, 0.6) is 0 Å². The van der Waals surface area contributed by atoms with Gasteiger partial charge in [0.2, 0.25) is 10.0 Å². The average Bonchev–Trinajstić information content (AvgIpc) is 2.72. The van der Waals surface area contributed by atoms with Crippen molar-refractivity contribution in [1.29, 1.82) is 5.26 Å². The molecule has 0 unspecified atom stereocenters. The molecule has 0 amide bonds. The molecule has 1 N–H and O–H groups in total. The number of benzene rings is 3. The monoisotopic (exact) mass is 394 g/mol. The van der Waals surface area contributed by atoms with E-state index >= 15 is 0 Å². The second-order valence-corrected chi connectivity index (χ2v) is 7.94. The maximum Gasteiger partial charge on any atom is 0.324 e. The van der Waals surface area contributed by atoms with Crippen molar-refractivity contribution in [2.45, 2.75) is 17.4 Å². The number of rotatable bonds is 6. The minimum atomic E-state index is -3.96. The highest BCUT2D eigenvalue weighted by molar-refractivity contribution is 7.89. The van der Waals surface area contributed by atoms with Crippen molar-refractivity contribution in [2.75, 3.05) is 7.11 Å². The van der Waals surface area contributed by atoms with E-state index in [-0.39, 0.29) is 11.3 Å². The van der Waals surface area contributed by atoms with E-state index in [0.29, 0.717) is 11.1 Å². The summed E-state index contributed by atoms with van der Waals surface area (Å²) in [5.74, 6) is -0.702. The minimum absolute atomic E-state index is 0.0610. The Morgan fingerprint density at radius 1 is 1.07 bits per heavy atom. The van der Waals surface area contributed by atoms with Crippen molar-refractivity contribution in [2.24, 2.45) is 0 Å². The van der Waals surface area contributed by atoms with Crippen molar-refractivity contribution < 1.29 is 17.9 Å². The van der Waals surface area contributed by atoms with Crippen LogP contribution in [0.1, 0.15) is 11.1 Å². The Labute approximate surface area is 163 Å². The average molecular weight is 394 g/mol. The molecule has 7 heteroatoms. The van der Waals surface area contributed by atoms with Crippen molar-refractivity contribution in [3.8, 4) is 6.07 Å². The largest absolute Gasteiger partial charge is 0.468 e. The van der Waals surface area contributed by atoms with Gasteiger partial charge < -0.3 is 4.74 Å². The summed E-state index contributed by atoms with van der Waals surface area (Å²) >= 11 is 0. The van der Waals surface area contributed by atoms with Crippen LogP contribution in [0, 0.1) is 11.3 Å². The van der Waals surface area contributed by atoms with Gasteiger partial charge in [-0.25, -0.2) is 8.42 Å². The van der Waals surface area contributed by atoms with Gasteiger partial charge in [-0.05, 0) is 47.0 Å². The summed E-state index contributed by atoms with van der Waals surface area (Å²) in [5.41, 5.74) is 1.08. The lowest BCUT2D eigenvalue weighted by Gasteiger charge is -2.17. The van der Waals surface area contributed by atoms with E-state index in [1.807, 2.05) is 30.3 Å². The summed E-state index contributed by atoms with van der Waals surface area (Å²) in [4.78, 5) is 12.2. The van der Waals surface area contributed by atoms with Crippen LogP contribution < -0.4 is 4.72 Å². The molecule has 0 saturated heterocycles. The Kier molecular flexibility index (Phi) is 5.73. The number of fused-ring (bicyclic) bond motifs is 1. The van der Waals surface area contributed by atoms with Crippen molar-refractivity contribution in [3.63, 3.8) is 0 Å². The number of carbonyl (C=O) groups excluding carboxylic acids is 1. The summed E-state index contributed by atoms with van der Waals surface area (Å²) < 4.78 is 32.9. The highest BCUT2D eigenvalue weighted by Gasteiger charge is 2.27. The van der Waals surface area contributed by atoms with E-state index in [1.54, 1.807) is 36.4 Å². The Morgan fingerprint density at radius 2 is 1.82 bits per heavy atom. The highest BCUT2D eigenvalue weighted by Crippen LogP contribution is 2.19. The summed E-state index contributed by atoms with van der Waals surface area (Å²) in [6.45, 7) is 0. The SMILES string of the molecule is COC(=O)[C@H](Cc1cccc(C#N)c1)NS(=O)(=O)c1ccc2ccccc2c1. The van der Waals surface area contributed by atoms with Gasteiger partial charge in [-0.2, -0.15) is 9.98 Å². The summed E-state index contributed by atoms with van der Waals surface area (Å²) in [6.07, 6.45) is 0.0645. The lowest BCUT2D eigenvalue weighted by atomic mass is 10.0. The number of nitrogens with zero attached hydrogens (tertiary/aromatic N) is 1. The molecule has 0 heterocycles. The summed E-state index contributed by atoms with van der Waals surface area (Å²) in [6, 6.07) is 19.7. The Hall–Kier alpha value is -3.21. The number of esters is 1. The summed E-state index contributed by atoms with van der Waals surface area (Å²) in [5, 5.41) is 10.7. The van der Waals surface area contributed by atoms with E-state index in [2.05, 4.69) is 4.72 Å². The van der Waals surface area contributed by atoms with Crippen molar-refractivity contribution in [1.82, 2.24) is 4.72 Å². The molecule has 142 valence electrons. The van der Waals surface area contributed by atoms with Crippen LogP contribution >= 0.6 is 0 Å². The van der Waals surface area contributed by atoms with Crippen molar-refractivity contribution in [3.05, 3.63) is 77.9 Å². The number of carbonyl (C=O) groups is 1. The number of methoxy groups -OCH3 is 1. The number of nitriles is 1. The Bertz CT molecular complexity index is 1170. The van der Waals surface area contributed by atoms with E-state index < -0.39 is 22.0 Å². The maximum absolute atomic E-state index is 12.8. The minimum Gasteiger partial charge on any atom is -0.468 e. The van der Waals surface area contributed by atoms with Crippen LogP contribution in [0.25, 0.3) is 10.8 Å². The Balaban J connectivity index is 1.90. The molecule has 0 radical (unpaired) electrons. The van der Waals surface area contributed by atoms with E-state index in [0.717, 1.165) is 10.8 Å². The first-order valence-electron chi connectivity index (χ1n) is 8.51. The van der Waals surface area contributed by atoms with Crippen LogP contribution in [0.15, 0.2) is 71.6 Å². The quantitative estimate of drug-likeness (QED) is 0.649. The van der Waals surface area contributed by atoms with Crippen LogP contribution in [0.2, 0.25) is 0 Å². The molecule has 0 aliphatic heterocycles. The van der Waals surface area contributed by atoms with Gasteiger partial charge in [-0.3, -0.25) is 4.79 Å². The molecule has 0 bridgehead atoms.